The van der Waals surface area contributed by atoms with Crippen LogP contribution in [-0.2, 0) is 15.8 Å². The number of nitrogens with one attached hydrogen (secondary N) is 1. The molecule has 9 heteroatoms. The van der Waals surface area contributed by atoms with Crippen LogP contribution >= 0.6 is 11.8 Å². The third-order valence-electron chi connectivity index (χ3n) is 5.28. The predicted octanol–water partition coefficient (Wildman–Crippen LogP) is 4.20. The molecule has 0 unspecified atom stereocenters. The van der Waals surface area contributed by atoms with Crippen molar-refractivity contribution in [2.75, 3.05) is 43.8 Å². The first kappa shape index (κ1) is 24.1. The smallest absolute Gasteiger partial charge is 0.339 e. The lowest BCUT2D eigenvalue weighted by Crippen LogP contribution is -2.50. The van der Waals surface area contributed by atoms with Crippen molar-refractivity contribution in [1.82, 2.24) is 9.80 Å². The molecule has 0 spiro atoms. The lowest BCUT2D eigenvalue weighted by atomic mass is 10.1. The molecule has 0 bridgehead atoms. The molecule has 3 rings (SSSR count). The number of piperazine rings is 1. The molecule has 2 amide bonds. The summed E-state index contributed by atoms with van der Waals surface area (Å²) in [7, 11) is 0. The van der Waals surface area contributed by atoms with E-state index in [0.29, 0.717) is 31.9 Å². The minimum atomic E-state index is -4.54. The molecule has 5 nitrogen and oxygen atoms in total. The lowest BCUT2D eigenvalue weighted by Gasteiger charge is -2.34. The zero-order chi connectivity index (χ0) is 23.3. The highest BCUT2D eigenvalue weighted by atomic mass is 32.2. The maximum atomic E-state index is 13.1. The predicted molar refractivity (Wildman–Crippen MR) is 120 cm³/mol. The number of thioether (sulfide) groups is 1. The van der Waals surface area contributed by atoms with E-state index in [1.54, 1.807) is 4.90 Å². The van der Waals surface area contributed by atoms with Crippen LogP contribution in [0.1, 0.15) is 16.7 Å². The Labute approximate surface area is 190 Å². The fraction of sp³-hybridized carbons (Fsp3) is 0.391. The third-order valence-corrected chi connectivity index (χ3v) is 6.44. The normalized spacial score (nSPS) is 15.0. The van der Waals surface area contributed by atoms with Gasteiger partial charge in [0, 0.05) is 31.1 Å². The second-order valence-electron chi connectivity index (χ2n) is 7.81. The summed E-state index contributed by atoms with van der Waals surface area (Å²) >= 11 is 1.51. The Morgan fingerprint density at radius 3 is 2.38 bits per heavy atom. The van der Waals surface area contributed by atoms with Crippen LogP contribution in [0.15, 0.2) is 47.4 Å². The number of nitrogens with zero attached hydrogens (tertiary/aromatic N) is 2. The van der Waals surface area contributed by atoms with Gasteiger partial charge >= 0.3 is 6.18 Å². The molecule has 0 saturated carbocycles. The van der Waals surface area contributed by atoms with E-state index in [9.17, 15) is 22.8 Å². The largest absolute Gasteiger partial charge is 0.418 e. The first-order valence-corrected chi connectivity index (χ1v) is 11.3. The van der Waals surface area contributed by atoms with Gasteiger partial charge in [-0.1, -0.05) is 29.8 Å². The van der Waals surface area contributed by atoms with Gasteiger partial charge in [-0.25, -0.2) is 0 Å². The van der Waals surface area contributed by atoms with Gasteiger partial charge in [0.2, 0.25) is 11.8 Å². The van der Waals surface area contributed by atoms with Crippen LogP contribution in [0.3, 0.4) is 0 Å². The molecule has 0 radical (unpaired) electrons. The minimum absolute atomic E-state index is 0.0223. The molecule has 1 saturated heterocycles. The number of para-hydroxylation sites is 1. The van der Waals surface area contributed by atoms with E-state index in [1.807, 2.05) is 30.9 Å². The van der Waals surface area contributed by atoms with E-state index in [4.69, 9.17) is 0 Å². The van der Waals surface area contributed by atoms with Gasteiger partial charge in [-0.05, 0) is 37.6 Å². The molecule has 0 atom stereocenters. The minimum Gasteiger partial charge on any atom is -0.339 e. The zero-order valence-electron chi connectivity index (χ0n) is 18.0. The zero-order valence-corrected chi connectivity index (χ0v) is 18.9. The number of aryl methyl sites for hydroxylation is 2. The van der Waals surface area contributed by atoms with E-state index in [-0.39, 0.29) is 18.1 Å². The summed E-state index contributed by atoms with van der Waals surface area (Å²) in [6.45, 7) is 5.99. The first-order chi connectivity index (χ1) is 15.1. The highest BCUT2D eigenvalue weighted by Gasteiger charge is 2.33. The van der Waals surface area contributed by atoms with E-state index in [2.05, 4.69) is 11.4 Å². The Kier molecular flexibility index (Phi) is 7.84. The number of halogens is 3. The molecule has 1 aliphatic rings. The molecule has 1 heterocycles. The molecule has 2 aromatic rings. The Morgan fingerprint density at radius 2 is 1.72 bits per heavy atom. The van der Waals surface area contributed by atoms with Crippen molar-refractivity contribution < 1.29 is 22.8 Å². The molecule has 1 aliphatic heterocycles. The van der Waals surface area contributed by atoms with Crippen molar-refractivity contribution in [3.05, 3.63) is 59.2 Å². The number of carbonyl (C=O) groups is 2. The van der Waals surface area contributed by atoms with Gasteiger partial charge in [0.15, 0.2) is 0 Å². The van der Waals surface area contributed by atoms with Crippen molar-refractivity contribution in [2.24, 2.45) is 0 Å². The summed E-state index contributed by atoms with van der Waals surface area (Å²) in [5.74, 6) is -0.122. The summed E-state index contributed by atoms with van der Waals surface area (Å²) in [4.78, 5) is 29.5. The highest BCUT2D eigenvalue weighted by Crippen LogP contribution is 2.34. The molecular weight excluding hydrogens is 439 g/mol. The molecule has 172 valence electrons. The van der Waals surface area contributed by atoms with Crippen LogP contribution in [0.2, 0.25) is 0 Å². The number of hydrogen-bond donors (Lipinski definition) is 1. The average molecular weight is 466 g/mol. The molecule has 1 N–H and O–H groups in total. The summed E-state index contributed by atoms with van der Waals surface area (Å²) in [6.07, 6.45) is -4.54. The van der Waals surface area contributed by atoms with E-state index in [0.717, 1.165) is 16.5 Å². The first-order valence-electron chi connectivity index (χ1n) is 10.3. The summed E-state index contributed by atoms with van der Waals surface area (Å²) < 4.78 is 39.3. The Bertz CT molecular complexity index is 973. The van der Waals surface area contributed by atoms with Crippen LogP contribution in [0.25, 0.3) is 0 Å². The second-order valence-corrected chi connectivity index (χ2v) is 8.82. The van der Waals surface area contributed by atoms with E-state index in [1.165, 1.54) is 35.5 Å². The quantitative estimate of drug-likeness (QED) is 0.650. The second kappa shape index (κ2) is 10.4. The third kappa shape index (κ3) is 6.49. The monoisotopic (exact) mass is 465 g/mol. The number of alkyl halides is 3. The van der Waals surface area contributed by atoms with Gasteiger partial charge in [-0.2, -0.15) is 13.2 Å². The number of benzene rings is 2. The summed E-state index contributed by atoms with van der Waals surface area (Å²) in [5, 5.41) is 2.36. The van der Waals surface area contributed by atoms with Gasteiger partial charge < -0.3 is 10.2 Å². The van der Waals surface area contributed by atoms with Gasteiger partial charge in [0.25, 0.3) is 0 Å². The molecule has 1 fully saturated rings. The number of amides is 2. The van der Waals surface area contributed by atoms with Crippen LogP contribution in [0.4, 0.5) is 18.9 Å². The molecule has 2 aromatic carbocycles. The van der Waals surface area contributed by atoms with Gasteiger partial charge in [-0.15, -0.1) is 11.8 Å². The lowest BCUT2D eigenvalue weighted by molar-refractivity contribution is -0.137. The molecular formula is C23H26F3N3O2S. The highest BCUT2D eigenvalue weighted by molar-refractivity contribution is 8.00. The molecule has 0 aliphatic carbocycles. The number of anilines is 1. The number of hydrogen-bond acceptors (Lipinski definition) is 4. The molecule has 32 heavy (non-hydrogen) atoms. The number of rotatable bonds is 6. The van der Waals surface area contributed by atoms with E-state index >= 15 is 0 Å². The van der Waals surface area contributed by atoms with Crippen LogP contribution in [0, 0.1) is 13.8 Å². The fourth-order valence-electron chi connectivity index (χ4n) is 3.58. The van der Waals surface area contributed by atoms with Crippen LogP contribution in [-0.4, -0.2) is 60.1 Å². The van der Waals surface area contributed by atoms with Crippen LogP contribution < -0.4 is 5.32 Å². The Hall–Kier alpha value is -2.52. The van der Waals surface area contributed by atoms with Crippen molar-refractivity contribution in [3.8, 4) is 0 Å². The van der Waals surface area contributed by atoms with Crippen LogP contribution in [0.5, 0.6) is 0 Å². The van der Waals surface area contributed by atoms with Gasteiger partial charge in [-0.3, -0.25) is 14.5 Å². The van der Waals surface area contributed by atoms with Gasteiger partial charge in [0.05, 0.1) is 23.5 Å². The maximum absolute atomic E-state index is 13.1. The van der Waals surface area contributed by atoms with Crippen molar-refractivity contribution in [2.45, 2.75) is 24.9 Å². The van der Waals surface area contributed by atoms with Gasteiger partial charge in [0.1, 0.15) is 0 Å². The maximum Gasteiger partial charge on any atom is 0.418 e. The Morgan fingerprint density at radius 1 is 1.03 bits per heavy atom. The summed E-state index contributed by atoms with van der Waals surface area (Å²) in [6, 6.07) is 11.1. The number of carbonyl (C=O) groups excluding carboxylic acids is 2. The SMILES string of the molecule is Cc1ccc(SCC(=O)N2CCN(CC(=O)Nc3ccccc3C(F)(F)F)CC2)c(C)c1. The average Bonchev–Trinajstić information content (AvgIpc) is 2.73. The van der Waals surface area contributed by atoms with Crippen molar-refractivity contribution in [3.63, 3.8) is 0 Å². The topological polar surface area (TPSA) is 52.7 Å². The Balaban J connectivity index is 1.45. The van der Waals surface area contributed by atoms with Crippen molar-refractivity contribution >= 4 is 29.3 Å². The summed E-state index contributed by atoms with van der Waals surface area (Å²) in [5.41, 5.74) is 1.21. The van der Waals surface area contributed by atoms with E-state index < -0.39 is 17.6 Å². The standard InChI is InChI=1S/C23H26F3N3O2S/c1-16-7-8-20(17(2)13-16)32-15-22(31)29-11-9-28(10-12-29)14-21(30)27-19-6-4-3-5-18(19)23(24,25)26/h3-8,13H,9-12,14-15H2,1-2H3,(H,27,30). The molecule has 0 aromatic heterocycles. The fourth-order valence-corrected chi connectivity index (χ4v) is 4.49. The van der Waals surface area contributed by atoms with Crippen molar-refractivity contribution in [1.29, 1.82) is 0 Å².